The average molecular weight is 210 g/mol. The Morgan fingerprint density at radius 2 is 2.47 bits per heavy atom. The van der Waals surface area contributed by atoms with Gasteiger partial charge >= 0.3 is 11.9 Å². The lowest BCUT2D eigenvalue weighted by molar-refractivity contribution is -0.168. The molecule has 0 aromatic heterocycles. The first kappa shape index (κ1) is 8.91. The summed E-state index contributed by atoms with van der Waals surface area (Å²) in [6.07, 6.45) is 3.23. The predicted molar refractivity (Wildman–Crippen MR) is 46.7 cm³/mol. The third-order valence-corrected chi connectivity index (χ3v) is 3.35. The zero-order chi connectivity index (χ0) is 10.6. The zero-order valence-corrected chi connectivity index (χ0v) is 8.14. The van der Waals surface area contributed by atoms with Crippen LogP contribution in [0, 0.1) is 11.8 Å². The van der Waals surface area contributed by atoms with Crippen molar-refractivity contribution in [3.05, 3.63) is 12.2 Å². The highest BCUT2D eigenvalue weighted by Crippen LogP contribution is 2.50. The van der Waals surface area contributed by atoms with Crippen LogP contribution in [0.15, 0.2) is 12.2 Å². The van der Waals surface area contributed by atoms with Gasteiger partial charge in [-0.25, -0.2) is 4.79 Å². The largest absolute Gasteiger partial charge is 0.467 e. The summed E-state index contributed by atoms with van der Waals surface area (Å²) in [4.78, 5) is 23.2. The van der Waals surface area contributed by atoms with E-state index in [9.17, 15) is 9.59 Å². The molecule has 0 spiro atoms. The Bertz CT molecular complexity index is 374. The van der Waals surface area contributed by atoms with Crippen LogP contribution in [0.1, 0.15) is 0 Å². The monoisotopic (exact) mass is 210 g/mol. The molecule has 0 unspecified atom stereocenters. The van der Waals surface area contributed by atoms with Gasteiger partial charge in [-0.1, -0.05) is 6.08 Å². The van der Waals surface area contributed by atoms with Crippen LogP contribution in [-0.2, 0) is 23.8 Å². The summed E-state index contributed by atoms with van der Waals surface area (Å²) in [6.45, 7) is 0.331. The minimum Gasteiger partial charge on any atom is -0.467 e. The number of rotatable bonds is 1. The van der Waals surface area contributed by atoms with Gasteiger partial charge in [0.15, 0.2) is 5.60 Å². The summed E-state index contributed by atoms with van der Waals surface area (Å²) >= 11 is 0. The minimum absolute atomic E-state index is 0.0402. The molecule has 0 radical (unpaired) electrons. The molecule has 80 valence electrons. The van der Waals surface area contributed by atoms with Crippen LogP contribution >= 0.6 is 0 Å². The van der Waals surface area contributed by atoms with Crippen molar-refractivity contribution < 1.29 is 23.8 Å². The third kappa shape index (κ3) is 0.866. The van der Waals surface area contributed by atoms with Crippen molar-refractivity contribution in [2.45, 2.75) is 11.7 Å². The molecule has 2 saturated heterocycles. The quantitative estimate of drug-likeness (QED) is 0.437. The Morgan fingerprint density at radius 3 is 3.20 bits per heavy atom. The number of esters is 2. The van der Waals surface area contributed by atoms with Gasteiger partial charge in [-0.05, 0) is 6.08 Å². The third-order valence-electron chi connectivity index (χ3n) is 3.35. The van der Waals surface area contributed by atoms with Crippen molar-refractivity contribution in [2.75, 3.05) is 13.7 Å². The van der Waals surface area contributed by atoms with E-state index in [4.69, 9.17) is 9.47 Å². The highest BCUT2D eigenvalue weighted by atomic mass is 16.6. The van der Waals surface area contributed by atoms with Crippen molar-refractivity contribution in [3.8, 4) is 0 Å². The lowest BCUT2D eigenvalue weighted by Gasteiger charge is -2.23. The molecule has 2 bridgehead atoms. The zero-order valence-electron chi connectivity index (χ0n) is 8.14. The second-order valence-corrected chi connectivity index (χ2v) is 4.00. The van der Waals surface area contributed by atoms with Crippen molar-refractivity contribution >= 4 is 11.9 Å². The summed E-state index contributed by atoms with van der Waals surface area (Å²) in [7, 11) is 1.29. The molecule has 5 heteroatoms. The van der Waals surface area contributed by atoms with E-state index in [0.717, 1.165) is 0 Å². The summed E-state index contributed by atoms with van der Waals surface area (Å²) in [5, 5.41) is 0. The van der Waals surface area contributed by atoms with E-state index in [1.54, 1.807) is 12.2 Å². The van der Waals surface area contributed by atoms with E-state index in [1.165, 1.54) is 7.11 Å². The van der Waals surface area contributed by atoms with E-state index in [0.29, 0.717) is 6.61 Å². The molecule has 0 aromatic carbocycles. The Balaban J connectivity index is 2.06. The maximum absolute atomic E-state index is 11.7. The molecule has 0 amide bonds. The number of carbonyl (C=O) groups is 2. The molecule has 3 aliphatic heterocycles. The van der Waals surface area contributed by atoms with Crippen LogP contribution < -0.4 is 0 Å². The lowest BCUT2D eigenvalue weighted by Crippen LogP contribution is -2.45. The summed E-state index contributed by atoms with van der Waals surface area (Å²) in [5.74, 6) is -1.45. The number of methoxy groups -OCH3 is 1. The molecule has 3 aliphatic rings. The van der Waals surface area contributed by atoms with Gasteiger partial charge in [0.05, 0.1) is 19.8 Å². The highest BCUT2D eigenvalue weighted by molar-refractivity contribution is 5.92. The molecular formula is C10H10O5. The molecular weight excluding hydrogens is 200 g/mol. The number of fused-ring (bicyclic) bond motifs is 5. The maximum Gasteiger partial charge on any atom is 0.343 e. The number of carbonyl (C=O) groups excluding carboxylic acids is 2. The Kier molecular flexibility index (Phi) is 1.55. The van der Waals surface area contributed by atoms with E-state index in [1.807, 2.05) is 0 Å². The fourth-order valence-corrected chi connectivity index (χ4v) is 2.67. The molecule has 3 rings (SSSR count). The number of hydrogen-bond donors (Lipinski definition) is 0. The second kappa shape index (κ2) is 2.61. The van der Waals surface area contributed by atoms with E-state index < -0.39 is 17.5 Å². The Labute approximate surface area is 86.0 Å². The van der Waals surface area contributed by atoms with Crippen LogP contribution in [0.2, 0.25) is 0 Å². The van der Waals surface area contributed by atoms with E-state index >= 15 is 0 Å². The topological polar surface area (TPSA) is 61.8 Å². The number of hydrogen-bond acceptors (Lipinski definition) is 5. The van der Waals surface area contributed by atoms with Gasteiger partial charge in [-0.2, -0.15) is 0 Å². The summed E-state index contributed by atoms with van der Waals surface area (Å²) in [6, 6.07) is 0. The fraction of sp³-hybridized carbons (Fsp3) is 0.600. The van der Waals surface area contributed by atoms with Crippen LogP contribution in [0.25, 0.3) is 0 Å². The normalized spacial score (nSPS) is 45.4. The van der Waals surface area contributed by atoms with Crippen molar-refractivity contribution in [1.29, 1.82) is 0 Å². The van der Waals surface area contributed by atoms with Crippen LogP contribution in [0.3, 0.4) is 0 Å². The molecule has 5 nitrogen and oxygen atoms in total. The minimum atomic E-state index is -1.22. The maximum atomic E-state index is 11.7. The van der Waals surface area contributed by atoms with Gasteiger partial charge in [-0.3, -0.25) is 4.79 Å². The smallest absolute Gasteiger partial charge is 0.343 e. The van der Waals surface area contributed by atoms with Crippen molar-refractivity contribution in [1.82, 2.24) is 0 Å². The molecule has 3 heterocycles. The molecule has 0 aromatic rings. The first-order valence-corrected chi connectivity index (χ1v) is 4.81. The molecule has 4 atom stereocenters. The van der Waals surface area contributed by atoms with Gasteiger partial charge in [0.25, 0.3) is 0 Å². The molecule has 15 heavy (non-hydrogen) atoms. The van der Waals surface area contributed by atoms with E-state index in [2.05, 4.69) is 4.74 Å². The van der Waals surface area contributed by atoms with Gasteiger partial charge in [-0.15, -0.1) is 0 Å². The van der Waals surface area contributed by atoms with Crippen LogP contribution in [0.4, 0.5) is 0 Å². The number of cyclic esters (lactones) is 1. The van der Waals surface area contributed by atoms with Gasteiger partial charge in [0.1, 0.15) is 5.92 Å². The molecule has 0 N–H and O–H groups in total. The van der Waals surface area contributed by atoms with E-state index in [-0.39, 0.29) is 18.0 Å². The van der Waals surface area contributed by atoms with Crippen molar-refractivity contribution in [2.24, 2.45) is 11.8 Å². The standard InChI is InChI=1S/C10H10O5/c1-13-9(12)10-3-2-6(15-10)5-4-14-8(11)7(5)10/h2-3,5-7H,4H2,1H3/t5-,6+,7+,10-/m0/s1. The van der Waals surface area contributed by atoms with Gasteiger partial charge in [0.2, 0.25) is 0 Å². The van der Waals surface area contributed by atoms with Crippen molar-refractivity contribution in [3.63, 3.8) is 0 Å². The Hall–Kier alpha value is -1.36. The SMILES string of the molecule is COC(=O)[C@@]12C=C[C@@H](O1)[C@@H]1COC(=O)[C@@H]12. The molecule has 0 saturated carbocycles. The van der Waals surface area contributed by atoms with Gasteiger partial charge < -0.3 is 14.2 Å². The lowest BCUT2D eigenvalue weighted by atomic mass is 9.77. The summed E-state index contributed by atoms with van der Waals surface area (Å²) < 4.78 is 15.2. The highest BCUT2D eigenvalue weighted by Gasteiger charge is 2.67. The van der Waals surface area contributed by atoms with Crippen LogP contribution in [0.5, 0.6) is 0 Å². The average Bonchev–Trinajstić information content (AvgIpc) is 2.89. The summed E-state index contributed by atoms with van der Waals surface area (Å²) in [5.41, 5.74) is -1.22. The fourth-order valence-electron chi connectivity index (χ4n) is 2.67. The molecule has 0 aliphatic carbocycles. The Morgan fingerprint density at radius 1 is 1.67 bits per heavy atom. The van der Waals surface area contributed by atoms with Gasteiger partial charge in [0, 0.05) is 5.92 Å². The number of ether oxygens (including phenoxy) is 3. The molecule has 2 fully saturated rings. The van der Waals surface area contributed by atoms with Crippen LogP contribution in [-0.4, -0.2) is 37.4 Å². The first-order valence-electron chi connectivity index (χ1n) is 4.81. The predicted octanol–water partition coefficient (Wildman–Crippen LogP) is -0.344. The first-order chi connectivity index (χ1) is 7.19. The second-order valence-electron chi connectivity index (χ2n) is 4.00.